The van der Waals surface area contributed by atoms with Crippen LogP contribution in [-0.4, -0.2) is 12.9 Å². The molecule has 104 valence electrons. The molecule has 0 spiro atoms. The Bertz CT molecular complexity index is 739. The molecule has 0 unspecified atom stereocenters. The van der Waals surface area contributed by atoms with Crippen LogP contribution in [0.5, 0.6) is 5.75 Å². The Morgan fingerprint density at radius 1 is 1.14 bits per heavy atom. The molecule has 2 heteroatoms. The number of hydrogen-bond acceptors (Lipinski definition) is 2. The van der Waals surface area contributed by atoms with Crippen LogP contribution in [0.1, 0.15) is 16.7 Å². The summed E-state index contributed by atoms with van der Waals surface area (Å²) in [6.45, 7) is 4.17. The van der Waals surface area contributed by atoms with Gasteiger partial charge in [0.25, 0.3) is 0 Å². The van der Waals surface area contributed by atoms with Crippen LogP contribution in [-0.2, 0) is 11.2 Å². The smallest absolute Gasteiger partial charge is 0.160 e. The van der Waals surface area contributed by atoms with E-state index in [0.717, 1.165) is 33.6 Å². The van der Waals surface area contributed by atoms with Crippen molar-refractivity contribution in [2.45, 2.75) is 6.42 Å². The zero-order valence-corrected chi connectivity index (χ0v) is 11.9. The van der Waals surface area contributed by atoms with Crippen molar-refractivity contribution in [3.63, 3.8) is 0 Å². The van der Waals surface area contributed by atoms with E-state index in [1.165, 1.54) is 0 Å². The highest BCUT2D eigenvalue weighted by Gasteiger charge is 2.20. The Morgan fingerprint density at radius 3 is 2.62 bits per heavy atom. The van der Waals surface area contributed by atoms with Crippen LogP contribution in [0.2, 0.25) is 0 Å². The first-order chi connectivity index (χ1) is 10.2. The lowest BCUT2D eigenvalue weighted by Crippen LogP contribution is -2.10. The third-order valence-electron chi connectivity index (χ3n) is 3.72. The third-order valence-corrected chi connectivity index (χ3v) is 3.72. The summed E-state index contributed by atoms with van der Waals surface area (Å²) in [6, 6.07) is 15.8. The van der Waals surface area contributed by atoms with Gasteiger partial charge >= 0.3 is 0 Å². The molecule has 0 N–H and O–H groups in total. The van der Waals surface area contributed by atoms with E-state index in [1.54, 1.807) is 13.2 Å². The van der Waals surface area contributed by atoms with Gasteiger partial charge in [0, 0.05) is 6.42 Å². The fraction of sp³-hybridized carbons (Fsp3) is 0.105. The second kappa shape index (κ2) is 5.41. The molecule has 0 fully saturated rings. The Labute approximate surface area is 124 Å². The Hall–Kier alpha value is -2.61. The fourth-order valence-electron chi connectivity index (χ4n) is 2.63. The number of methoxy groups -OCH3 is 1. The summed E-state index contributed by atoms with van der Waals surface area (Å²) in [4.78, 5) is 12.0. The average Bonchev–Trinajstić information content (AvgIpc) is 2.53. The molecule has 0 saturated heterocycles. The molecule has 2 aromatic rings. The van der Waals surface area contributed by atoms with Crippen molar-refractivity contribution in [3.8, 4) is 5.75 Å². The van der Waals surface area contributed by atoms with Crippen LogP contribution in [0.4, 0.5) is 0 Å². The average molecular weight is 276 g/mol. The zero-order chi connectivity index (χ0) is 14.8. The molecule has 0 bridgehead atoms. The monoisotopic (exact) mass is 276 g/mol. The van der Waals surface area contributed by atoms with Crippen LogP contribution < -0.4 is 4.74 Å². The number of benzene rings is 2. The first kappa shape index (κ1) is 13.4. The number of carbonyl (C=O) groups is 1. The van der Waals surface area contributed by atoms with E-state index in [0.29, 0.717) is 6.42 Å². The molecule has 0 atom stereocenters. The highest BCUT2D eigenvalue weighted by molar-refractivity contribution is 6.15. The standard InChI is InChI=1S/C19H16O2/c1-13(14-6-4-3-5-7-14)19-12-16(20)10-15-11-17(21-2)8-9-18(15)19/h3-9,11-12H,1,10H2,2H3. The van der Waals surface area contributed by atoms with Crippen LogP contribution in [0.3, 0.4) is 0 Å². The minimum absolute atomic E-state index is 0.0998. The van der Waals surface area contributed by atoms with Crippen molar-refractivity contribution < 1.29 is 9.53 Å². The van der Waals surface area contributed by atoms with Gasteiger partial charge in [-0.2, -0.15) is 0 Å². The maximum Gasteiger partial charge on any atom is 0.160 e. The minimum atomic E-state index is 0.0998. The molecule has 2 aromatic carbocycles. The molecule has 3 rings (SSSR count). The van der Waals surface area contributed by atoms with Crippen LogP contribution in [0, 0.1) is 0 Å². The number of ether oxygens (including phenoxy) is 1. The molecular formula is C19H16O2. The lowest BCUT2D eigenvalue weighted by molar-refractivity contribution is -0.114. The summed E-state index contributed by atoms with van der Waals surface area (Å²) in [6.07, 6.45) is 2.11. The van der Waals surface area contributed by atoms with Crippen molar-refractivity contribution in [1.29, 1.82) is 0 Å². The lowest BCUT2D eigenvalue weighted by Gasteiger charge is -2.20. The summed E-state index contributed by atoms with van der Waals surface area (Å²) < 4.78 is 5.24. The van der Waals surface area contributed by atoms with E-state index in [1.807, 2.05) is 48.5 Å². The van der Waals surface area contributed by atoms with Crippen molar-refractivity contribution in [3.05, 3.63) is 77.9 Å². The van der Waals surface area contributed by atoms with Gasteiger partial charge in [0.1, 0.15) is 5.75 Å². The minimum Gasteiger partial charge on any atom is -0.497 e. The number of hydrogen-bond donors (Lipinski definition) is 0. The third kappa shape index (κ3) is 2.52. The zero-order valence-electron chi connectivity index (χ0n) is 11.9. The van der Waals surface area contributed by atoms with Crippen molar-refractivity contribution in [2.24, 2.45) is 0 Å². The first-order valence-electron chi connectivity index (χ1n) is 6.85. The predicted octanol–water partition coefficient (Wildman–Crippen LogP) is 3.92. The number of carbonyl (C=O) groups excluding carboxylic acids is 1. The first-order valence-corrected chi connectivity index (χ1v) is 6.85. The summed E-state index contributed by atoms with van der Waals surface area (Å²) in [5, 5.41) is 0. The van der Waals surface area contributed by atoms with E-state index in [9.17, 15) is 4.79 Å². The van der Waals surface area contributed by atoms with Crippen molar-refractivity contribution in [1.82, 2.24) is 0 Å². The van der Waals surface area contributed by atoms with Crippen molar-refractivity contribution in [2.75, 3.05) is 7.11 Å². The molecule has 0 aromatic heterocycles. The molecular weight excluding hydrogens is 260 g/mol. The van der Waals surface area contributed by atoms with Gasteiger partial charge in [-0.15, -0.1) is 0 Å². The molecule has 0 aliphatic heterocycles. The summed E-state index contributed by atoms with van der Waals surface area (Å²) in [5.74, 6) is 0.871. The second-order valence-electron chi connectivity index (χ2n) is 5.07. The topological polar surface area (TPSA) is 26.3 Å². The van der Waals surface area contributed by atoms with Crippen molar-refractivity contribution >= 4 is 16.9 Å². The number of rotatable bonds is 3. The molecule has 0 radical (unpaired) electrons. The van der Waals surface area contributed by atoms with E-state index >= 15 is 0 Å². The fourth-order valence-corrected chi connectivity index (χ4v) is 2.63. The van der Waals surface area contributed by atoms with Crippen LogP contribution >= 0.6 is 0 Å². The Balaban J connectivity index is 2.07. The Morgan fingerprint density at radius 2 is 1.90 bits per heavy atom. The molecule has 0 amide bonds. The number of fused-ring (bicyclic) bond motifs is 1. The van der Waals surface area contributed by atoms with E-state index in [-0.39, 0.29) is 5.78 Å². The van der Waals surface area contributed by atoms with Gasteiger partial charge in [-0.05, 0) is 46.0 Å². The van der Waals surface area contributed by atoms with E-state index < -0.39 is 0 Å². The lowest BCUT2D eigenvalue weighted by atomic mass is 9.84. The van der Waals surface area contributed by atoms with E-state index in [4.69, 9.17) is 4.74 Å². The van der Waals surface area contributed by atoms with Crippen LogP contribution in [0.15, 0.2) is 61.2 Å². The summed E-state index contributed by atoms with van der Waals surface area (Å²) in [5.41, 5.74) is 4.85. The highest BCUT2D eigenvalue weighted by Crippen LogP contribution is 2.36. The maximum absolute atomic E-state index is 12.0. The van der Waals surface area contributed by atoms with Gasteiger partial charge in [-0.1, -0.05) is 43.0 Å². The summed E-state index contributed by atoms with van der Waals surface area (Å²) in [7, 11) is 1.63. The molecule has 0 saturated carbocycles. The predicted molar refractivity (Wildman–Crippen MR) is 85.2 cm³/mol. The van der Waals surface area contributed by atoms with Gasteiger partial charge in [0.15, 0.2) is 5.78 Å². The molecule has 2 nitrogen and oxygen atoms in total. The summed E-state index contributed by atoms with van der Waals surface area (Å²) >= 11 is 0. The van der Waals surface area contributed by atoms with Gasteiger partial charge in [0.2, 0.25) is 0 Å². The molecule has 1 aliphatic carbocycles. The quantitative estimate of drug-likeness (QED) is 0.849. The normalized spacial score (nSPS) is 13.4. The number of ketones is 1. The maximum atomic E-state index is 12.0. The highest BCUT2D eigenvalue weighted by atomic mass is 16.5. The largest absolute Gasteiger partial charge is 0.497 e. The SMILES string of the molecule is C=C(C1=CC(=O)Cc2cc(OC)ccc21)c1ccccc1. The van der Waals surface area contributed by atoms with Gasteiger partial charge < -0.3 is 4.74 Å². The molecule has 0 heterocycles. The van der Waals surface area contributed by atoms with Gasteiger partial charge in [-0.3, -0.25) is 4.79 Å². The molecule has 1 aliphatic rings. The van der Waals surface area contributed by atoms with Gasteiger partial charge in [-0.25, -0.2) is 0 Å². The number of allylic oxidation sites excluding steroid dienone is 3. The molecule has 21 heavy (non-hydrogen) atoms. The van der Waals surface area contributed by atoms with E-state index in [2.05, 4.69) is 6.58 Å². The second-order valence-corrected chi connectivity index (χ2v) is 5.07. The van der Waals surface area contributed by atoms with Crippen LogP contribution in [0.25, 0.3) is 11.1 Å². The Kier molecular flexibility index (Phi) is 3.44. The van der Waals surface area contributed by atoms with Gasteiger partial charge in [0.05, 0.1) is 7.11 Å².